The summed E-state index contributed by atoms with van der Waals surface area (Å²) in [6.07, 6.45) is 2.06. The third-order valence-corrected chi connectivity index (χ3v) is 4.90. The second-order valence-corrected chi connectivity index (χ2v) is 6.16. The average molecular weight is 318 g/mol. The number of aliphatic hydroxyl groups excluding tert-OH is 1. The topological polar surface area (TPSA) is 32.7 Å². The number of piperidine rings is 1. The fraction of sp³-hybridized carbons (Fsp3) is 0.600. The number of hydrogen-bond donors (Lipinski definition) is 1. The van der Waals surface area contributed by atoms with E-state index in [1.165, 1.54) is 0 Å². The zero-order valence-corrected chi connectivity index (χ0v) is 13.4. The van der Waals surface area contributed by atoms with Gasteiger partial charge in [-0.3, -0.25) is 4.90 Å². The lowest BCUT2D eigenvalue weighted by atomic mass is 9.95. The third-order valence-electron chi connectivity index (χ3n) is 4.18. The molecule has 1 aliphatic rings. The van der Waals surface area contributed by atoms with Gasteiger partial charge in [0, 0.05) is 24.3 Å². The number of nitrogens with zero attached hydrogens (tertiary/aromatic N) is 1. The predicted octanol–water partition coefficient (Wildman–Crippen LogP) is 3.77. The molecule has 0 radical (unpaired) electrons. The first-order chi connectivity index (χ1) is 9.56. The van der Waals surface area contributed by atoms with Gasteiger partial charge in [0.05, 0.1) is 17.2 Å². The Hall–Kier alpha value is -0.480. The van der Waals surface area contributed by atoms with E-state index in [9.17, 15) is 5.11 Å². The van der Waals surface area contributed by atoms with Crippen LogP contribution in [-0.4, -0.2) is 36.8 Å². The summed E-state index contributed by atoms with van der Waals surface area (Å²) in [6, 6.07) is 3.89. The third kappa shape index (κ3) is 3.40. The van der Waals surface area contributed by atoms with Crippen LogP contribution in [0.4, 0.5) is 0 Å². The summed E-state index contributed by atoms with van der Waals surface area (Å²) in [6.45, 7) is 4.41. The number of methoxy groups -OCH3 is 1. The van der Waals surface area contributed by atoms with Gasteiger partial charge in [0.25, 0.3) is 0 Å². The average Bonchev–Trinajstić information content (AvgIpc) is 2.49. The summed E-state index contributed by atoms with van der Waals surface area (Å²) >= 11 is 12.2. The molecule has 1 heterocycles. The van der Waals surface area contributed by atoms with Crippen LogP contribution < -0.4 is 4.74 Å². The standard InChI is InChI=1S/C15H21Cl2NO2/c1-10(18-5-3-11(9-19)4-6-18)12-7-13(16)14(17)8-15(12)20-2/h7-8,10-11,19H,3-6,9H2,1-2H3. The maximum absolute atomic E-state index is 9.21. The molecule has 1 aliphatic heterocycles. The monoisotopic (exact) mass is 317 g/mol. The Balaban J connectivity index is 2.16. The molecule has 1 aromatic rings. The van der Waals surface area contributed by atoms with Crippen LogP contribution in [0.5, 0.6) is 5.75 Å². The van der Waals surface area contributed by atoms with Crippen LogP contribution in [0.3, 0.4) is 0 Å². The molecule has 1 aromatic carbocycles. The molecule has 112 valence electrons. The van der Waals surface area contributed by atoms with Gasteiger partial charge in [0.15, 0.2) is 0 Å². The molecule has 5 heteroatoms. The highest BCUT2D eigenvalue weighted by Crippen LogP contribution is 2.37. The van der Waals surface area contributed by atoms with Gasteiger partial charge < -0.3 is 9.84 Å². The van der Waals surface area contributed by atoms with Gasteiger partial charge in [-0.05, 0) is 44.8 Å². The molecule has 0 bridgehead atoms. The van der Waals surface area contributed by atoms with Crippen LogP contribution in [0.15, 0.2) is 12.1 Å². The van der Waals surface area contributed by atoms with Gasteiger partial charge in [-0.15, -0.1) is 0 Å². The molecule has 1 fully saturated rings. The minimum atomic E-state index is 0.222. The van der Waals surface area contributed by atoms with Crippen LogP contribution in [-0.2, 0) is 0 Å². The number of aliphatic hydroxyl groups is 1. The fourth-order valence-electron chi connectivity index (χ4n) is 2.77. The van der Waals surface area contributed by atoms with Crippen molar-refractivity contribution in [3.05, 3.63) is 27.7 Å². The van der Waals surface area contributed by atoms with Crippen molar-refractivity contribution in [1.29, 1.82) is 0 Å². The number of ether oxygens (including phenoxy) is 1. The molecule has 0 aromatic heterocycles. The summed E-state index contributed by atoms with van der Waals surface area (Å²) in [5.74, 6) is 1.21. The van der Waals surface area contributed by atoms with E-state index in [4.69, 9.17) is 27.9 Å². The lowest BCUT2D eigenvalue weighted by Crippen LogP contribution is -2.36. The second kappa shape index (κ2) is 6.99. The van der Waals surface area contributed by atoms with Crippen molar-refractivity contribution in [2.45, 2.75) is 25.8 Å². The number of likely N-dealkylation sites (tertiary alicyclic amines) is 1. The van der Waals surface area contributed by atoms with E-state index in [0.717, 1.165) is 37.2 Å². The molecule has 1 atom stereocenters. The van der Waals surface area contributed by atoms with E-state index in [-0.39, 0.29) is 12.6 Å². The highest BCUT2D eigenvalue weighted by molar-refractivity contribution is 6.42. The van der Waals surface area contributed by atoms with Crippen LogP contribution in [0.2, 0.25) is 10.0 Å². The summed E-state index contributed by atoms with van der Waals surface area (Å²) in [4.78, 5) is 2.40. The molecular weight excluding hydrogens is 297 g/mol. The van der Waals surface area contributed by atoms with E-state index >= 15 is 0 Å². The van der Waals surface area contributed by atoms with Crippen LogP contribution >= 0.6 is 23.2 Å². The first-order valence-electron chi connectivity index (χ1n) is 6.94. The van der Waals surface area contributed by atoms with E-state index in [0.29, 0.717) is 16.0 Å². The Labute approximate surface area is 130 Å². The maximum atomic E-state index is 9.21. The second-order valence-electron chi connectivity index (χ2n) is 5.35. The molecule has 3 nitrogen and oxygen atoms in total. The molecule has 0 amide bonds. The Morgan fingerprint density at radius 3 is 2.45 bits per heavy atom. The minimum Gasteiger partial charge on any atom is -0.496 e. The zero-order valence-electron chi connectivity index (χ0n) is 11.9. The summed E-state index contributed by atoms with van der Waals surface area (Å²) in [5, 5.41) is 10.3. The van der Waals surface area contributed by atoms with Crippen LogP contribution in [0, 0.1) is 5.92 Å². The summed E-state index contributed by atoms with van der Waals surface area (Å²) in [5.41, 5.74) is 1.06. The number of hydrogen-bond acceptors (Lipinski definition) is 3. The Morgan fingerprint density at radius 2 is 1.90 bits per heavy atom. The number of rotatable bonds is 4. The molecule has 0 aliphatic carbocycles. The largest absolute Gasteiger partial charge is 0.496 e. The van der Waals surface area contributed by atoms with Crippen molar-refractivity contribution in [3.63, 3.8) is 0 Å². The smallest absolute Gasteiger partial charge is 0.125 e. The highest BCUT2D eigenvalue weighted by atomic mass is 35.5. The first kappa shape index (κ1) is 15.9. The van der Waals surface area contributed by atoms with Crippen molar-refractivity contribution >= 4 is 23.2 Å². The van der Waals surface area contributed by atoms with E-state index in [1.54, 1.807) is 13.2 Å². The van der Waals surface area contributed by atoms with Gasteiger partial charge in [0.1, 0.15) is 5.75 Å². The zero-order chi connectivity index (χ0) is 14.7. The summed E-state index contributed by atoms with van der Waals surface area (Å²) < 4.78 is 5.43. The molecule has 0 saturated carbocycles. The lowest BCUT2D eigenvalue weighted by molar-refractivity contribution is 0.105. The van der Waals surface area contributed by atoms with Gasteiger partial charge in [0.2, 0.25) is 0 Å². The van der Waals surface area contributed by atoms with Gasteiger partial charge in [-0.25, -0.2) is 0 Å². The minimum absolute atomic E-state index is 0.222. The molecular formula is C15H21Cl2NO2. The van der Waals surface area contributed by atoms with Crippen molar-refractivity contribution in [2.24, 2.45) is 5.92 Å². The van der Waals surface area contributed by atoms with Crippen molar-refractivity contribution in [3.8, 4) is 5.75 Å². The van der Waals surface area contributed by atoms with Crippen LogP contribution in [0.1, 0.15) is 31.4 Å². The first-order valence-corrected chi connectivity index (χ1v) is 7.70. The van der Waals surface area contributed by atoms with Gasteiger partial charge in [-0.1, -0.05) is 23.2 Å². The Kier molecular flexibility index (Phi) is 5.56. The SMILES string of the molecule is COc1cc(Cl)c(Cl)cc1C(C)N1CCC(CO)CC1. The lowest BCUT2D eigenvalue weighted by Gasteiger charge is -2.36. The Bertz CT molecular complexity index is 459. The molecule has 1 saturated heterocycles. The molecule has 1 unspecified atom stereocenters. The van der Waals surface area contributed by atoms with Crippen molar-refractivity contribution in [1.82, 2.24) is 4.90 Å². The quantitative estimate of drug-likeness (QED) is 0.917. The highest BCUT2D eigenvalue weighted by Gasteiger charge is 2.25. The van der Waals surface area contributed by atoms with Crippen LogP contribution in [0.25, 0.3) is 0 Å². The van der Waals surface area contributed by atoms with E-state index in [1.807, 2.05) is 6.07 Å². The van der Waals surface area contributed by atoms with Gasteiger partial charge in [-0.2, -0.15) is 0 Å². The summed E-state index contributed by atoms with van der Waals surface area (Å²) in [7, 11) is 1.65. The molecule has 2 rings (SSSR count). The van der Waals surface area contributed by atoms with Gasteiger partial charge >= 0.3 is 0 Å². The maximum Gasteiger partial charge on any atom is 0.125 e. The predicted molar refractivity (Wildman–Crippen MR) is 82.8 cm³/mol. The molecule has 0 spiro atoms. The number of benzene rings is 1. The fourth-order valence-corrected chi connectivity index (χ4v) is 3.09. The molecule has 20 heavy (non-hydrogen) atoms. The number of halogens is 2. The molecule has 1 N–H and O–H groups in total. The van der Waals surface area contributed by atoms with E-state index in [2.05, 4.69) is 11.8 Å². The van der Waals surface area contributed by atoms with Crippen molar-refractivity contribution < 1.29 is 9.84 Å². The van der Waals surface area contributed by atoms with Crippen molar-refractivity contribution in [2.75, 3.05) is 26.8 Å². The van der Waals surface area contributed by atoms with E-state index < -0.39 is 0 Å². The normalized spacial score (nSPS) is 19.1. The Morgan fingerprint density at radius 1 is 1.30 bits per heavy atom.